The van der Waals surface area contributed by atoms with Crippen LogP contribution in [0.15, 0.2) is 0 Å². The van der Waals surface area contributed by atoms with Gasteiger partial charge in [0, 0.05) is 19.0 Å². The van der Waals surface area contributed by atoms with E-state index in [9.17, 15) is 20.1 Å². The maximum Gasteiger partial charge on any atom is 0.305 e. The Morgan fingerprint density at radius 3 is 2.81 bits per heavy atom. The Morgan fingerprint density at radius 2 is 2.19 bits per heavy atom. The summed E-state index contributed by atoms with van der Waals surface area (Å²) in [7, 11) is 0. The van der Waals surface area contributed by atoms with Gasteiger partial charge >= 0.3 is 5.97 Å². The zero-order valence-corrected chi connectivity index (χ0v) is 9.24. The number of esters is 1. The summed E-state index contributed by atoms with van der Waals surface area (Å²) in [5.41, 5.74) is 0. The summed E-state index contributed by atoms with van der Waals surface area (Å²) >= 11 is 0. The third-order valence-electron chi connectivity index (χ3n) is 2.61. The average molecular weight is 234 g/mol. The second-order valence-corrected chi connectivity index (χ2v) is 3.82. The van der Waals surface area contributed by atoms with Crippen molar-refractivity contribution in [1.29, 1.82) is 0 Å². The molecule has 1 fully saturated rings. The van der Waals surface area contributed by atoms with Gasteiger partial charge in [0.1, 0.15) is 7.52 Å². The molecule has 0 amide bonds. The van der Waals surface area contributed by atoms with Crippen molar-refractivity contribution in [3.63, 3.8) is 0 Å². The third-order valence-corrected chi connectivity index (χ3v) is 2.61. The summed E-state index contributed by atoms with van der Waals surface area (Å²) in [4.78, 5) is 11.1. The van der Waals surface area contributed by atoms with Gasteiger partial charge in [0.25, 0.3) is 0 Å². The molecule has 1 heterocycles. The monoisotopic (exact) mass is 234 g/mol. The van der Waals surface area contributed by atoms with E-state index in [0.717, 1.165) is 5.31 Å². The lowest BCUT2D eigenvalue weighted by atomic mass is 9.93. The quantitative estimate of drug-likeness (QED) is 0.437. The molecule has 0 spiro atoms. The van der Waals surface area contributed by atoms with Gasteiger partial charge in [-0.2, -0.15) is 0 Å². The van der Waals surface area contributed by atoms with E-state index in [1.165, 1.54) is 0 Å². The maximum absolute atomic E-state index is 11.1. The molecule has 0 radical (unpaired) electrons. The van der Waals surface area contributed by atoms with E-state index >= 15 is 0 Å². The van der Waals surface area contributed by atoms with Gasteiger partial charge in [0.15, 0.2) is 0 Å². The first kappa shape index (κ1) is 11.8. The predicted molar refractivity (Wildman–Crippen MR) is 55.7 cm³/mol. The van der Waals surface area contributed by atoms with Gasteiger partial charge in [-0.25, -0.2) is 0 Å². The molecule has 0 aromatic carbocycles. The van der Waals surface area contributed by atoms with E-state index in [1.807, 2.05) is 0 Å². The largest absolute Gasteiger partial charge is 0.466 e. The Balaban J connectivity index is 2.48. The SMILES string of the molecule is [2H]N1C[C@@H](O)[C@H](O)[C@@H](O)[C@H]1CCC(=O)OCC. The van der Waals surface area contributed by atoms with Gasteiger partial charge in [-0.3, -0.25) is 4.79 Å². The summed E-state index contributed by atoms with van der Waals surface area (Å²) in [6, 6.07) is -0.669. The molecule has 6 heteroatoms. The van der Waals surface area contributed by atoms with E-state index in [4.69, 9.17) is 6.15 Å². The van der Waals surface area contributed by atoms with Gasteiger partial charge in [-0.05, 0) is 13.3 Å². The van der Waals surface area contributed by atoms with Gasteiger partial charge < -0.3 is 25.4 Å². The Morgan fingerprint density at radius 1 is 1.50 bits per heavy atom. The van der Waals surface area contributed by atoms with Crippen molar-refractivity contribution in [2.75, 3.05) is 13.2 Å². The fraction of sp³-hybridized carbons (Fsp3) is 0.900. The van der Waals surface area contributed by atoms with Crippen molar-refractivity contribution >= 4 is 5.97 Å². The number of hydrogen-bond donors (Lipinski definition) is 4. The minimum atomic E-state index is -1.27. The summed E-state index contributed by atoms with van der Waals surface area (Å²) in [5.74, 6) is -0.395. The first-order chi connectivity index (χ1) is 7.97. The van der Waals surface area contributed by atoms with Crippen LogP contribution in [0.2, 0.25) is 1.41 Å². The van der Waals surface area contributed by atoms with E-state index in [2.05, 4.69) is 0 Å². The topological polar surface area (TPSA) is 99.0 Å². The van der Waals surface area contributed by atoms with Crippen LogP contribution in [0.4, 0.5) is 0 Å². The van der Waals surface area contributed by atoms with Crippen molar-refractivity contribution in [1.82, 2.24) is 5.31 Å². The zero-order valence-electron chi connectivity index (χ0n) is 10.2. The second-order valence-electron chi connectivity index (χ2n) is 3.82. The molecule has 0 bridgehead atoms. The number of ether oxygens (including phenoxy) is 1. The normalized spacial score (nSPS) is 36.9. The molecule has 94 valence electrons. The lowest BCUT2D eigenvalue weighted by Gasteiger charge is -2.36. The number of rotatable bonds is 4. The van der Waals surface area contributed by atoms with Gasteiger partial charge in [0.2, 0.25) is 0 Å². The fourth-order valence-electron chi connectivity index (χ4n) is 1.68. The smallest absolute Gasteiger partial charge is 0.305 e. The Kier molecular flexibility index (Phi) is 4.53. The highest BCUT2D eigenvalue weighted by Gasteiger charge is 2.36. The molecule has 0 saturated carbocycles. The Bertz CT molecular complexity index is 265. The van der Waals surface area contributed by atoms with Crippen molar-refractivity contribution in [2.24, 2.45) is 0 Å². The molecule has 6 nitrogen and oxygen atoms in total. The molecular weight excluding hydrogens is 214 g/mol. The highest BCUT2D eigenvalue weighted by Crippen LogP contribution is 2.14. The number of nitrogens with one attached hydrogen (secondary N) is 1. The van der Waals surface area contributed by atoms with Crippen LogP contribution >= 0.6 is 0 Å². The second kappa shape index (κ2) is 6.15. The molecule has 0 aromatic heterocycles. The number of carbonyl (C=O) groups is 1. The molecule has 1 aliphatic heterocycles. The van der Waals surface area contributed by atoms with Gasteiger partial charge in [-0.15, -0.1) is 0 Å². The maximum atomic E-state index is 11.1. The van der Waals surface area contributed by atoms with Crippen LogP contribution in [-0.4, -0.2) is 58.8 Å². The van der Waals surface area contributed by atoms with Gasteiger partial charge in [-0.1, -0.05) is 0 Å². The summed E-state index contributed by atoms with van der Waals surface area (Å²) in [5, 5.41) is 29.5. The van der Waals surface area contributed by atoms with E-state index in [-0.39, 0.29) is 26.0 Å². The number of aliphatic hydroxyl groups is 3. The highest BCUT2D eigenvalue weighted by atomic mass is 16.5. The lowest BCUT2D eigenvalue weighted by molar-refractivity contribution is -0.144. The van der Waals surface area contributed by atoms with Gasteiger partial charge in [0.05, 0.1) is 18.8 Å². The van der Waals surface area contributed by atoms with Crippen molar-refractivity contribution in [2.45, 2.75) is 44.1 Å². The van der Waals surface area contributed by atoms with Crippen LogP contribution in [0.3, 0.4) is 0 Å². The molecule has 0 aromatic rings. The minimum Gasteiger partial charge on any atom is -0.466 e. The molecule has 0 unspecified atom stereocenters. The van der Waals surface area contributed by atoms with E-state index in [1.54, 1.807) is 6.92 Å². The number of carbonyl (C=O) groups excluding carboxylic acids is 1. The highest BCUT2D eigenvalue weighted by molar-refractivity contribution is 5.69. The fourth-order valence-corrected chi connectivity index (χ4v) is 1.68. The Hall–Kier alpha value is -0.690. The number of β-amino-alcohol motifs (C(OH)–C–C–N with tert-alkyl or cyclic N) is 1. The molecule has 4 N–H and O–H groups in total. The molecule has 16 heavy (non-hydrogen) atoms. The zero-order chi connectivity index (χ0) is 13.0. The molecule has 1 aliphatic rings. The first-order valence-electron chi connectivity index (χ1n) is 5.87. The average Bonchev–Trinajstić information content (AvgIpc) is 2.26. The van der Waals surface area contributed by atoms with Crippen LogP contribution in [0.5, 0.6) is 0 Å². The standard InChI is InChI=1S/C10H19NO5/c1-2-16-8(13)4-3-6-9(14)10(15)7(12)5-11-6/h6-7,9-12,14-15H,2-5H2,1H3/t6-,7-,9+,10+/m1/s1/i/hD. The molecular formula is C10H19NO5. The first-order valence-corrected chi connectivity index (χ1v) is 5.42. The molecule has 1 rings (SSSR count). The molecule has 0 aliphatic carbocycles. The summed E-state index contributed by atoms with van der Waals surface area (Å²) in [6.45, 7) is 1.94. The van der Waals surface area contributed by atoms with E-state index < -0.39 is 30.3 Å². The van der Waals surface area contributed by atoms with Crippen molar-refractivity contribution < 1.29 is 26.3 Å². The number of hydrogen-bond acceptors (Lipinski definition) is 6. The minimum absolute atomic E-state index is 0.0499. The van der Waals surface area contributed by atoms with Crippen LogP contribution in [-0.2, 0) is 9.53 Å². The van der Waals surface area contributed by atoms with Crippen LogP contribution in [0, 0.1) is 0 Å². The summed E-state index contributed by atoms with van der Waals surface area (Å²) in [6.07, 6.45) is -3.35. The lowest BCUT2D eigenvalue weighted by Crippen LogP contribution is -2.59. The third kappa shape index (κ3) is 3.41. The summed E-state index contributed by atoms with van der Waals surface area (Å²) < 4.78 is 12.3. The molecule has 1 saturated heterocycles. The number of aliphatic hydroxyl groups excluding tert-OH is 3. The van der Waals surface area contributed by atoms with Crippen molar-refractivity contribution in [3.05, 3.63) is 0 Å². The Labute approximate surface area is 95.7 Å². The van der Waals surface area contributed by atoms with Crippen LogP contribution < -0.4 is 5.31 Å². The van der Waals surface area contributed by atoms with Crippen LogP contribution in [0.1, 0.15) is 19.8 Å². The predicted octanol–water partition coefficient (Wildman–Crippen LogP) is -1.62. The van der Waals surface area contributed by atoms with Crippen molar-refractivity contribution in [3.8, 4) is 0 Å². The number of piperidine rings is 1. The van der Waals surface area contributed by atoms with Crippen LogP contribution in [0.25, 0.3) is 0 Å². The molecule has 4 atom stereocenters. The van der Waals surface area contributed by atoms with E-state index in [0.29, 0.717) is 0 Å².